The van der Waals surface area contributed by atoms with Crippen LogP contribution >= 0.6 is 0 Å². The van der Waals surface area contributed by atoms with E-state index in [-0.39, 0.29) is 11.8 Å². The SMILES string of the molecule is CC(NC(C1CC1)C1CC1)c1ccc(OC(F)F)cc1. The minimum atomic E-state index is -2.76. The van der Waals surface area contributed by atoms with Gasteiger partial charge >= 0.3 is 6.61 Å². The average Bonchev–Trinajstić information content (AvgIpc) is 3.28. The molecule has 1 aromatic rings. The van der Waals surface area contributed by atoms with Crippen LogP contribution in [0.4, 0.5) is 8.78 Å². The van der Waals surface area contributed by atoms with Crippen molar-refractivity contribution >= 4 is 0 Å². The van der Waals surface area contributed by atoms with E-state index in [0.717, 1.165) is 17.4 Å². The van der Waals surface area contributed by atoms with Crippen molar-refractivity contribution in [3.05, 3.63) is 29.8 Å². The van der Waals surface area contributed by atoms with E-state index in [1.165, 1.54) is 25.7 Å². The van der Waals surface area contributed by atoms with E-state index in [9.17, 15) is 8.78 Å². The maximum absolute atomic E-state index is 12.1. The molecule has 2 fully saturated rings. The van der Waals surface area contributed by atoms with Crippen LogP contribution in [-0.2, 0) is 0 Å². The summed E-state index contributed by atoms with van der Waals surface area (Å²) in [5.41, 5.74) is 1.12. The highest BCUT2D eigenvalue weighted by Gasteiger charge is 2.41. The van der Waals surface area contributed by atoms with Crippen molar-refractivity contribution in [1.82, 2.24) is 5.32 Å². The number of ether oxygens (including phenoxy) is 1. The lowest BCUT2D eigenvalue weighted by Crippen LogP contribution is -2.35. The molecular weight excluding hydrogens is 260 g/mol. The smallest absolute Gasteiger partial charge is 0.387 e. The fourth-order valence-electron chi connectivity index (χ4n) is 2.89. The van der Waals surface area contributed by atoms with Gasteiger partial charge in [-0.25, -0.2) is 0 Å². The summed E-state index contributed by atoms with van der Waals surface area (Å²) in [6, 6.07) is 7.86. The molecule has 4 heteroatoms. The average molecular weight is 281 g/mol. The Bertz CT molecular complexity index is 428. The lowest BCUT2D eigenvalue weighted by molar-refractivity contribution is -0.0498. The number of nitrogens with one attached hydrogen (secondary N) is 1. The first-order chi connectivity index (χ1) is 9.63. The van der Waals surface area contributed by atoms with Gasteiger partial charge in [-0.3, -0.25) is 0 Å². The number of rotatable bonds is 7. The van der Waals surface area contributed by atoms with Crippen molar-refractivity contribution in [3.8, 4) is 5.75 Å². The predicted octanol–water partition coefficient (Wildman–Crippen LogP) is 4.13. The van der Waals surface area contributed by atoms with Crippen LogP contribution in [0.25, 0.3) is 0 Å². The third-order valence-electron chi connectivity index (χ3n) is 4.31. The Labute approximate surface area is 118 Å². The molecule has 0 spiro atoms. The molecule has 2 aliphatic carbocycles. The first-order valence-corrected chi connectivity index (χ1v) is 7.44. The van der Waals surface area contributed by atoms with E-state index < -0.39 is 6.61 Å². The largest absolute Gasteiger partial charge is 0.435 e. The Morgan fingerprint density at radius 1 is 1.05 bits per heavy atom. The van der Waals surface area contributed by atoms with Gasteiger partial charge in [-0.05, 0) is 62.1 Å². The molecule has 110 valence electrons. The third kappa shape index (κ3) is 3.48. The summed E-state index contributed by atoms with van der Waals surface area (Å²) in [7, 11) is 0. The highest BCUT2D eigenvalue weighted by molar-refractivity contribution is 5.29. The Morgan fingerprint density at radius 2 is 1.60 bits per heavy atom. The molecule has 1 atom stereocenters. The van der Waals surface area contributed by atoms with Gasteiger partial charge in [-0.2, -0.15) is 8.78 Å². The normalized spacial score (nSPS) is 20.4. The zero-order valence-corrected chi connectivity index (χ0v) is 11.7. The van der Waals surface area contributed by atoms with Crippen molar-refractivity contribution in [2.75, 3.05) is 0 Å². The summed E-state index contributed by atoms with van der Waals surface area (Å²) in [5, 5.41) is 3.73. The molecular formula is C16H21F2NO. The highest BCUT2D eigenvalue weighted by Crippen LogP contribution is 2.45. The van der Waals surface area contributed by atoms with Crippen molar-refractivity contribution in [2.45, 2.75) is 51.3 Å². The van der Waals surface area contributed by atoms with Crippen LogP contribution in [-0.4, -0.2) is 12.7 Å². The van der Waals surface area contributed by atoms with Crippen LogP contribution in [0.2, 0.25) is 0 Å². The van der Waals surface area contributed by atoms with Crippen LogP contribution < -0.4 is 10.1 Å². The van der Waals surface area contributed by atoms with E-state index in [4.69, 9.17) is 0 Å². The zero-order chi connectivity index (χ0) is 14.1. The molecule has 2 saturated carbocycles. The molecule has 1 unspecified atom stereocenters. The number of hydrogen-bond acceptors (Lipinski definition) is 2. The first-order valence-electron chi connectivity index (χ1n) is 7.44. The summed E-state index contributed by atoms with van der Waals surface area (Å²) in [5.74, 6) is 1.93. The molecule has 0 saturated heterocycles. The number of alkyl halides is 2. The zero-order valence-electron chi connectivity index (χ0n) is 11.7. The number of halogens is 2. The Kier molecular flexibility index (Phi) is 3.92. The third-order valence-corrected chi connectivity index (χ3v) is 4.31. The quantitative estimate of drug-likeness (QED) is 0.811. The van der Waals surface area contributed by atoms with Gasteiger partial charge in [0, 0.05) is 12.1 Å². The van der Waals surface area contributed by atoms with E-state index in [0.29, 0.717) is 6.04 Å². The molecule has 0 radical (unpaired) electrons. The summed E-state index contributed by atoms with van der Waals surface area (Å²) in [4.78, 5) is 0. The Hall–Kier alpha value is -1.16. The second-order valence-electron chi connectivity index (χ2n) is 6.04. The lowest BCUT2D eigenvalue weighted by atomic mass is 10.0. The highest BCUT2D eigenvalue weighted by atomic mass is 19.3. The molecule has 0 aliphatic heterocycles. The molecule has 20 heavy (non-hydrogen) atoms. The Balaban J connectivity index is 1.59. The van der Waals surface area contributed by atoms with E-state index >= 15 is 0 Å². The van der Waals surface area contributed by atoms with Gasteiger partial charge in [-0.1, -0.05) is 12.1 Å². The molecule has 0 amide bonds. The molecule has 3 rings (SSSR count). The second kappa shape index (κ2) is 5.68. The van der Waals surface area contributed by atoms with Gasteiger partial charge in [0.15, 0.2) is 0 Å². The van der Waals surface area contributed by atoms with Gasteiger partial charge in [0.2, 0.25) is 0 Å². The molecule has 1 aromatic carbocycles. The van der Waals surface area contributed by atoms with Crippen LogP contribution in [0.15, 0.2) is 24.3 Å². The summed E-state index contributed by atoms with van der Waals surface area (Å²) in [6.45, 7) is -0.619. The van der Waals surface area contributed by atoms with Gasteiger partial charge in [0.05, 0.1) is 0 Å². The van der Waals surface area contributed by atoms with Crippen molar-refractivity contribution in [1.29, 1.82) is 0 Å². The molecule has 0 heterocycles. The van der Waals surface area contributed by atoms with Crippen molar-refractivity contribution < 1.29 is 13.5 Å². The lowest BCUT2D eigenvalue weighted by Gasteiger charge is -2.23. The van der Waals surface area contributed by atoms with Crippen LogP contribution in [0.3, 0.4) is 0 Å². The number of benzene rings is 1. The monoisotopic (exact) mass is 281 g/mol. The second-order valence-corrected chi connectivity index (χ2v) is 6.04. The maximum Gasteiger partial charge on any atom is 0.387 e. The molecule has 0 aromatic heterocycles. The molecule has 0 bridgehead atoms. The number of hydrogen-bond donors (Lipinski definition) is 1. The Morgan fingerprint density at radius 3 is 2.05 bits per heavy atom. The standard InChI is InChI=1S/C16H21F2NO/c1-10(19-15(12-2-3-12)13-4-5-13)11-6-8-14(9-7-11)20-16(17)18/h6-10,12-13,15-16,19H,2-5H2,1H3. The van der Waals surface area contributed by atoms with E-state index in [1.807, 2.05) is 12.1 Å². The molecule has 1 N–H and O–H groups in total. The summed E-state index contributed by atoms with van der Waals surface area (Å²) < 4.78 is 28.6. The van der Waals surface area contributed by atoms with Crippen LogP contribution in [0, 0.1) is 11.8 Å². The molecule has 2 aliphatic rings. The van der Waals surface area contributed by atoms with Crippen molar-refractivity contribution in [3.63, 3.8) is 0 Å². The molecule has 2 nitrogen and oxygen atoms in total. The van der Waals surface area contributed by atoms with Gasteiger partial charge in [0.25, 0.3) is 0 Å². The summed E-state index contributed by atoms with van der Waals surface area (Å²) >= 11 is 0. The maximum atomic E-state index is 12.1. The van der Waals surface area contributed by atoms with Crippen LogP contribution in [0.1, 0.15) is 44.2 Å². The van der Waals surface area contributed by atoms with E-state index in [2.05, 4.69) is 17.0 Å². The fraction of sp³-hybridized carbons (Fsp3) is 0.625. The fourth-order valence-corrected chi connectivity index (χ4v) is 2.89. The minimum Gasteiger partial charge on any atom is -0.435 e. The van der Waals surface area contributed by atoms with E-state index in [1.54, 1.807) is 12.1 Å². The first kappa shape index (κ1) is 13.8. The minimum absolute atomic E-state index is 0.219. The topological polar surface area (TPSA) is 21.3 Å². The summed E-state index contributed by atoms with van der Waals surface area (Å²) in [6.07, 6.45) is 5.40. The van der Waals surface area contributed by atoms with Gasteiger partial charge in [0.1, 0.15) is 5.75 Å². The van der Waals surface area contributed by atoms with Crippen molar-refractivity contribution in [2.24, 2.45) is 11.8 Å². The van der Waals surface area contributed by atoms with Gasteiger partial charge < -0.3 is 10.1 Å². The van der Waals surface area contributed by atoms with Gasteiger partial charge in [-0.15, -0.1) is 0 Å². The predicted molar refractivity (Wildman–Crippen MR) is 73.9 cm³/mol. The van der Waals surface area contributed by atoms with Crippen LogP contribution in [0.5, 0.6) is 5.75 Å².